The van der Waals surface area contributed by atoms with Crippen molar-refractivity contribution in [2.24, 2.45) is 7.05 Å². The summed E-state index contributed by atoms with van der Waals surface area (Å²) in [5, 5.41) is 18.2. The Morgan fingerprint density at radius 3 is 2.27 bits per heavy atom. The van der Waals surface area contributed by atoms with Gasteiger partial charge in [-0.1, -0.05) is 12.1 Å². The lowest BCUT2D eigenvalue weighted by Crippen LogP contribution is -2.18. The zero-order chi connectivity index (χ0) is 21.8. The molecule has 30 heavy (non-hydrogen) atoms. The smallest absolute Gasteiger partial charge is 0.286 e. The van der Waals surface area contributed by atoms with Crippen molar-refractivity contribution in [1.29, 1.82) is 0 Å². The van der Waals surface area contributed by atoms with E-state index in [9.17, 15) is 19.7 Å². The third-order valence-corrected chi connectivity index (χ3v) is 4.34. The van der Waals surface area contributed by atoms with Gasteiger partial charge < -0.3 is 14.8 Å². The van der Waals surface area contributed by atoms with Gasteiger partial charge in [0.05, 0.1) is 30.9 Å². The number of aromatic nitrogens is 2. The molecule has 3 rings (SSSR count). The number of amides is 1. The van der Waals surface area contributed by atoms with E-state index in [1.54, 1.807) is 37.4 Å². The summed E-state index contributed by atoms with van der Waals surface area (Å²) in [5.41, 5.74) is 0.959. The van der Waals surface area contributed by atoms with Crippen molar-refractivity contribution in [2.45, 2.75) is 0 Å². The summed E-state index contributed by atoms with van der Waals surface area (Å²) < 4.78 is 11.4. The predicted octanol–water partition coefficient (Wildman–Crippen LogP) is 2.63. The predicted molar refractivity (Wildman–Crippen MR) is 109 cm³/mol. The molecule has 0 atom stereocenters. The number of carbonyl (C=O) groups excluding carboxylic acids is 1. The molecule has 0 radical (unpaired) electrons. The van der Waals surface area contributed by atoms with Crippen LogP contribution in [0.3, 0.4) is 0 Å². The largest absolute Gasteiger partial charge is 0.493 e. The van der Waals surface area contributed by atoms with Gasteiger partial charge in [0.15, 0.2) is 11.5 Å². The van der Waals surface area contributed by atoms with Gasteiger partial charge in [0.2, 0.25) is 0 Å². The summed E-state index contributed by atoms with van der Waals surface area (Å²) in [5.74, 6) is -0.324. The summed E-state index contributed by atoms with van der Waals surface area (Å²) in [6.07, 6.45) is 0. The van der Waals surface area contributed by atoms with Gasteiger partial charge in [0, 0.05) is 30.4 Å². The molecule has 0 unspecified atom stereocenters. The van der Waals surface area contributed by atoms with Gasteiger partial charge in [0.1, 0.15) is 5.56 Å². The van der Waals surface area contributed by atoms with Crippen molar-refractivity contribution < 1.29 is 19.2 Å². The molecule has 0 spiro atoms. The molecule has 1 aromatic heterocycles. The number of carbonyl (C=O) groups is 1. The Balaban J connectivity index is 1.88. The van der Waals surface area contributed by atoms with Crippen LogP contribution >= 0.6 is 0 Å². The van der Waals surface area contributed by atoms with E-state index in [1.807, 2.05) is 0 Å². The van der Waals surface area contributed by atoms with Crippen molar-refractivity contribution in [1.82, 2.24) is 9.78 Å². The molecule has 1 amide bonds. The average molecular weight is 410 g/mol. The topological polar surface area (TPSA) is 126 Å². The number of nitrogens with zero attached hydrogens (tertiary/aromatic N) is 3. The first-order valence-electron chi connectivity index (χ1n) is 8.70. The van der Waals surface area contributed by atoms with Crippen LogP contribution in [-0.4, -0.2) is 34.8 Å². The number of nitro benzene ring substituents is 1. The maximum atomic E-state index is 12.7. The van der Waals surface area contributed by atoms with Crippen LogP contribution < -0.4 is 20.3 Å². The minimum Gasteiger partial charge on any atom is -0.493 e. The summed E-state index contributed by atoms with van der Waals surface area (Å²) >= 11 is 0. The first-order valence-corrected chi connectivity index (χ1v) is 8.70. The molecule has 0 saturated carbocycles. The highest BCUT2D eigenvalue weighted by atomic mass is 16.6. The lowest BCUT2D eigenvalue weighted by Gasteiger charge is -2.11. The molecule has 0 fully saturated rings. The van der Waals surface area contributed by atoms with Gasteiger partial charge in [-0.15, -0.1) is 0 Å². The van der Waals surface area contributed by atoms with E-state index < -0.39 is 16.5 Å². The van der Waals surface area contributed by atoms with Gasteiger partial charge in [-0.05, 0) is 18.2 Å². The van der Waals surface area contributed by atoms with E-state index >= 15 is 0 Å². The van der Waals surface area contributed by atoms with Crippen LogP contribution in [0, 0.1) is 10.1 Å². The fourth-order valence-electron chi connectivity index (χ4n) is 2.78. The van der Waals surface area contributed by atoms with Crippen LogP contribution in [-0.2, 0) is 7.05 Å². The lowest BCUT2D eigenvalue weighted by molar-refractivity contribution is -0.385. The highest BCUT2D eigenvalue weighted by Crippen LogP contribution is 2.34. The Morgan fingerprint density at radius 1 is 1.07 bits per heavy atom. The second-order valence-electron chi connectivity index (χ2n) is 6.19. The number of hydrogen-bond acceptors (Lipinski definition) is 7. The molecular weight excluding hydrogens is 392 g/mol. The Kier molecular flexibility index (Phi) is 5.77. The summed E-state index contributed by atoms with van der Waals surface area (Å²) in [7, 11) is 4.27. The second-order valence-corrected chi connectivity index (χ2v) is 6.19. The Bertz CT molecular complexity index is 1170. The van der Waals surface area contributed by atoms with Crippen molar-refractivity contribution >= 4 is 17.3 Å². The summed E-state index contributed by atoms with van der Waals surface area (Å²) in [6.45, 7) is 0. The van der Waals surface area contributed by atoms with Crippen LogP contribution in [0.4, 0.5) is 11.4 Å². The van der Waals surface area contributed by atoms with E-state index in [4.69, 9.17) is 9.47 Å². The first kappa shape index (κ1) is 20.5. The third-order valence-electron chi connectivity index (χ3n) is 4.34. The number of nitrogens with one attached hydrogen (secondary N) is 1. The average Bonchev–Trinajstić information content (AvgIpc) is 2.75. The number of hydrogen-bond donors (Lipinski definition) is 1. The molecule has 0 bridgehead atoms. The van der Waals surface area contributed by atoms with Crippen molar-refractivity contribution in [3.63, 3.8) is 0 Å². The maximum absolute atomic E-state index is 12.7. The van der Waals surface area contributed by atoms with Gasteiger partial charge in [0.25, 0.3) is 17.2 Å². The Morgan fingerprint density at radius 2 is 1.70 bits per heavy atom. The van der Waals surface area contributed by atoms with Crippen LogP contribution in [0.5, 0.6) is 11.5 Å². The maximum Gasteiger partial charge on any atom is 0.286 e. The number of ether oxygens (including phenoxy) is 2. The quantitative estimate of drug-likeness (QED) is 0.489. The minimum absolute atomic E-state index is 0.148. The standard InChI is InChI=1S/C20H18N4O6/c1-23-19(25)9-8-15(22-23)12-4-6-13(7-5-12)21-20(26)14-10-17(29-2)18(30-3)11-16(14)24(27)28/h4-11H,1-3H3,(H,21,26). The van der Waals surface area contributed by atoms with Gasteiger partial charge in [-0.25, -0.2) is 4.68 Å². The number of anilines is 1. The Hall–Kier alpha value is -4.21. The molecule has 2 aromatic carbocycles. The third kappa shape index (κ3) is 4.12. The summed E-state index contributed by atoms with van der Waals surface area (Å²) in [4.78, 5) is 34.9. The van der Waals surface area contributed by atoms with E-state index in [-0.39, 0.29) is 22.6 Å². The SMILES string of the molecule is COc1cc(C(=O)Nc2ccc(-c3ccc(=O)n(C)n3)cc2)c([N+](=O)[O-])cc1OC. The number of benzene rings is 2. The van der Waals surface area contributed by atoms with E-state index in [2.05, 4.69) is 10.4 Å². The van der Waals surface area contributed by atoms with Gasteiger partial charge in [-0.3, -0.25) is 19.7 Å². The monoisotopic (exact) mass is 410 g/mol. The molecule has 3 aromatic rings. The highest BCUT2D eigenvalue weighted by Gasteiger charge is 2.24. The van der Waals surface area contributed by atoms with Gasteiger partial charge in [-0.2, -0.15) is 5.10 Å². The second kappa shape index (κ2) is 8.43. The molecule has 10 nitrogen and oxygen atoms in total. The van der Waals surface area contributed by atoms with Crippen molar-refractivity contribution in [3.8, 4) is 22.8 Å². The summed E-state index contributed by atoms with van der Waals surface area (Å²) in [6, 6.07) is 12.1. The van der Waals surface area contributed by atoms with E-state index in [0.717, 1.165) is 11.6 Å². The van der Waals surface area contributed by atoms with E-state index in [1.165, 1.54) is 31.0 Å². The number of aryl methyl sites for hydroxylation is 1. The molecule has 0 aliphatic rings. The first-order chi connectivity index (χ1) is 14.3. The molecule has 0 aliphatic carbocycles. The molecular formula is C20H18N4O6. The van der Waals surface area contributed by atoms with E-state index in [0.29, 0.717) is 11.4 Å². The number of methoxy groups -OCH3 is 2. The molecule has 10 heteroatoms. The number of nitro groups is 1. The van der Waals surface area contributed by atoms with Crippen molar-refractivity contribution in [3.05, 3.63) is 74.6 Å². The number of rotatable bonds is 6. The fraction of sp³-hybridized carbons (Fsp3) is 0.150. The normalized spacial score (nSPS) is 10.4. The molecule has 0 saturated heterocycles. The minimum atomic E-state index is -0.671. The zero-order valence-corrected chi connectivity index (χ0v) is 16.4. The van der Waals surface area contributed by atoms with Gasteiger partial charge >= 0.3 is 0 Å². The van der Waals surface area contributed by atoms with Crippen LogP contribution in [0.1, 0.15) is 10.4 Å². The molecule has 0 aliphatic heterocycles. The van der Waals surface area contributed by atoms with Crippen molar-refractivity contribution in [2.75, 3.05) is 19.5 Å². The van der Waals surface area contributed by atoms with Crippen LogP contribution in [0.2, 0.25) is 0 Å². The van der Waals surface area contributed by atoms with Crippen LogP contribution in [0.15, 0.2) is 53.3 Å². The zero-order valence-electron chi connectivity index (χ0n) is 16.4. The lowest BCUT2D eigenvalue weighted by atomic mass is 10.1. The fourth-order valence-corrected chi connectivity index (χ4v) is 2.78. The molecule has 154 valence electrons. The molecule has 1 heterocycles. The molecule has 1 N–H and O–H groups in total. The Labute approximate surface area is 170 Å². The highest BCUT2D eigenvalue weighted by molar-refractivity contribution is 6.07. The van der Waals surface area contributed by atoms with Crippen LogP contribution in [0.25, 0.3) is 11.3 Å².